The third-order valence-corrected chi connectivity index (χ3v) is 5.08. The average molecular weight is 370 g/mol. The molecule has 3 heteroatoms. The van der Waals surface area contributed by atoms with Crippen LogP contribution in [0.1, 0.15) is 26.3 Å². The Balaban J connectivity index is 1.73. The van der Waals surface area contributed by atoms with Crippen LogP contribution in [0.3, 0.4) is 0 Å². The molecule has 0 aromatic heterocycles. The molecular weight excluding hydrogens is 344 g/mol. The molecule has 1 N–H and O–H groups in total. The van der Waals surface area contributed by atoms with Crippen LogP contribution in [-0.2, 0) is 4.74 Å². The van der Waals surface area contributed by atoms with E-state index in [1.54, 1.807) is 0 Å². The highest BCUT2D eigenvalue weighted by Gasteiger charge is 2.29. The summed E-state index contributed by atoms with van der Waals surface area (Å²) in [6.45, 7) is 7.22. The molecule has 4 rings (SSSR count). The summed E-state index contributed by atoms with van der Waals surface area (Å²) >= 11 is 0. The first kappa shape index (κ1) is 18.3. The predicted molar refractivity (Wildman–Crippen MR) is 119 cm³/mol. The molecule has 1 aliphatic heterocycles. The van der Waals surface area contributed by atoms with Gasteiger partial charge in [0.25, 0.3) is 0 Å². The quantitative estimate of drug-likeness (QED) is 0.599. The summed E-state index contributed by atoms with van der Waals surface area (Å²) < 4.78 is 5.90. The molecule has 1 aliphatic rings. The number of benzene rings is 3. The summed E-state index contributed by atoms with van der Waals surface area (Å²) in [6, 6.07) is 25.2. The monoisotopic (exact) mass is 370 g/mol. The van der Waals surface area contributed by atoms with E-state index in [0.717, 1.165) is 16.9 Å². The second-order valence-corrected chi connectivity index (χ2v) is 8.24. The molecule has 28 heavy (non-hydrogen) atoms. The molecule has 1 atom stereocenters. The van der Waals surface area contributed by atoms with Crippen molar-refractivity contribution in [3.05, 3.63) is 84.4 Å². The zero-order chi connectivity index (χ0) is 19.6. The van der Waals surface area contributed by atoms with Gasteiger partial charge >= 0.3 is 0 Å². The Labute approximate surface area is 166 Å². The number of fused-ring (bicyclic) bond motifs is 1. The van der Waals surface area contributed by atoms with Crippen molar-refractivity contribution in [2.45, 2.75) is 26.8 Å². The number of hydrogen-bond acceptors (Lipinski definition) is 3. The number of aliphatic imine (C=N–C) groups is 1. The first-order valence-corrected chi connectivity index (χ1v) is 9.73. The van der Waals surface area contributed by atoms with Crippen LogP contribution < -0.4 is 5.32 Å². The van der Waals surface area contributed by atoms with Crippen LogP contribution in [0.15, 0.2) is 83.9 Å². The fraction of sp³-hybridized carbons (Fsp3) is 0.240. The summed E-state index contributed by atoms with van der Waals surface area (Å²) in [6.07, 6.45) is 2.02. The molecule has 0 spiro atoms. The number of hydrogen-bond donors (Lipinski definition) is 1. The van der Waals surface area contributed by atoms with Crippen molar-refractivity contribution in [3.8, 4) is 0 Å². The third-order valence-electron chi connectivity index (χ3n) is 5.08. The maximum atomic E-state index is 5.90. The first-order chi connectivity index (χ1) is 13.5. The van der Waals surface area contributed by atoms with Crippen molar-refractivity contribution in [2.24, 2.45) is 10.4 Å². The predicted octanol–water partition coefficient (Wildman–Crippen LogP) is 6.14. The van der Waals surface area contributed by atoms with Crippen LogP contribution in [0, 0.1) is 5.41 Å². The Bertz CT molecular complexity index is 1020. The van der Waals surface area contributed by atoms with E-state index in [2.05, 4.69) is 80.7 Å². The maximum absolute atomic E-state index is 5.90. The van der Waals surface area contributed by atoms with Gasteiger partial charge < -0.3 is 10.1 Å². The van der Waals surface area contributed by atoms with E-state index in [-0.39, 0.29) is 11.5 Å². The van der Waals surface area contributed by atoms with Gasteiger partial charge in [-0.05, 0) is 22.4 Å². The minimum Gasteiger partial charge on any atom is -0.476 e. The molecule has 0 amide bonds. The fourth-order valence-corrected chi connectivity index (χ4v) is 3.33. The number of ether oxygens (including phenoxy) is 1. The SMILES string of the molecule is CC(C)(C)C1COC(C=C(Nc2cccc3ccccc23)c2ccccc2)=N1. The van der Waals surface area contributed by atoms with Crippen LogP contribution in [-0.4, -0.2) is 18.5 Å². The van der Waals surface area contributed by atoms with Gasteiger partial charge in [0.1, 0.15) is 6.61 Å². The Morgan fingerprint density at radius 3 is 2.43 bits per heavy atom. The molecule has 0 fully saturated rings. The molecule has 142 valence electrons. The zero-order valence-corrected chi connectivity index (χ0v) is 16.6. The van der Waals surface area contributed by atoms with Gasteiger partial charge in [-0.25, -0.2) is 4.99 Å². The summed E-state index contributed by atoms with van der Waals surface area (Å²) in [5.41, 5.74) is 3.23. The molecule has 0 bridgehead atoms. The van der Waals surface area contributed by atoms with Gasteiger partial charge in [-0.15, -0.1) is 0 Å². The summed E-state index contributed by atoms with van der Waals surface area (Å²) in [5.74, 6) is 0.687. The highest BCUT2D eigenvalue weighted by atomic mass is 16.5. The molecule has 0 aliphatic carbocycles. The molecule has 0 saturated carbocycles. The lowest BCUT2D eigenvalue weighted by Crippen LogP contribution is -2.25. The Kier molecular flexibility index (Phi) is 4.91. The topological polar surface area (TPSA) is 33.6 Å². The van der Waals surface area contributed by atoms with E-state index in [1.807, 2.05) is 24.3 Å². The molecule has 3 nitrogen and oxygen atoms in total. The van der Waals surface area contributed by atoms with Crippen LogP contribution >= 0.6 is 0 Å². The molecule has 1 unspecified atom stereocenters. The lowest BCUT2D eigenvalue weighted by Gasteiger charge is -2.21. The Morgan fingerprint density at radius 2 is 1.68 bits per heavy atom. The summed E-state index contributed by atoms with van der Waals surface area (Å²) in [4.78, 5) is 4.81. The number of nitrogens with zero attached hydrogens (tertiary/aromatic N) is 1. The summed E-state index contributed by atoms with van der Waals surface area (Å²) in [5, 5.41) is 6.02. The second kappa shape index (κ2) is 7.51. The minimum absolute atomic E-state index is 0.0889. The third kappa shape index (κ3) is 3.94. The molecular formula is C25H26N2O. The van der Waals surface area contributed by atoms with Crippen molar-refractivity contribution < 1.29 is 4.74 Å². The minimum atomic E-state index is 0.0889. The van der Waals surface area contributed by atoms with Crippen molar-refractivity contribution in [1.82, 2.24) is 0 Å². The lowest BCUT2D eigenvalue weighted by atomic mass is 9.88. The van der Waals surface area contributed by atoms with Crippen molar-refractivity contribution in [3.63, 3.8) is 0 Å². The lowest BCUT2D eigenvalue weighted by molar-refractivity contribution is 0.236. The second-order valence-electron chi connectivity index (χ2n) is 8.24. The normalized spacial score (nSPS) is 17.3. The standard InChI is InChI=1S/C25H26N2O/c1-25(2,3)23-17-28-24(27-23)16-22(19-11-5-4-6-12-19)26-21-15-9-13-18-10-7-8-14-20(18)21/h4-16,23,26H,17H2,1-3H3. The number of rotatable bonds is 4. The largest absolute Gasteiger partial charge is 0.476 e. The van der Waals surface area contributed by atoms with Crippen LogP contribution in [0.4, 0.5) is 5.69 Å². The molecule has 3 aromatic rings. The maximum Gasteiger partial charge on any atom is 0.211 e. The number of anilines is 1. The van der Waals surface area contributed by atoms with E-state index in [4.69, 9.17) is 9.73 Å². The smallest absolute Gasteiger partial charge is 0.211 e. The average Bonchev–Trinajstić information content (AvgIpc) is 3.18. The van der Waals surface area contributed by atoms with Crippen molar-refractivity contribution in [2.75, 3.05) is 11.9 Å². The van der Waals surface area contributed by atoms with Crippen LogP contribution in [0.25, 0.3) is 16.5 Å². The molecule has 1 heterocycles. The molecule has 0 saturated heterocycles. The van der Waals surface area contributed by atoms with E-state index < -0.39 is 0 Å². The van der Waals surface area contributed by atoms with Crippen LogP contribution in [0.5, 0.6) is 0 Å². The fourth-order valence-electron chi connectivity index (χ4n) is 3.33. The van der Waals surface area contributed by atoms with E-state index in [9.17, 15) is 0 Å². The zero-order valence-electron chi connectivity index (χ0n) is 16.6. The van der Waals surface area contributed by atoms with E-state index in [1.165, 1.54) is 10.8 Å². The van der Waals surface area contributed by atoms with Gasteiger partial charge in [0, 0.05) is 17.1 Å². The highest BCUT2D eigenvalue weighted by Crippen LogP contribution is 2.29. The van der Waals surface area contributed by atoms with Crippen molar-refractivity contribution in [1.29, 1.82) is 0 Å². The van der Waals surface area contributed by atoms with Gasteiger partial charge in [0.15, 0.2) is 0 Å². The van der Waals surface area contributed by atoms with Gasteiger partial charge in [-0.3, -0.25) is 0 Å². The van der Waals surface area contributed by atoms with Gasteiger partial charge in [-0.1, -0.05) is 87.5 Å². The molecule has 3 aromatic carbocycles. The molecule has 0 radical (unpaired) electrons. The number of nitrogens with one attached hydrogen (secondary N) is 1. The van der Waals surface area contributed by atoms with E-state index >= 15 is 0 Å². The Morgan fingerprint density at radius 1 is 0.964 bits per heavy atom. The van der Waals surface area contributed by atoms with E-state index in [0.29, 0.717) is 12.5 Å². The summed E-state index contributed by atoms with van der Waals surface area (Å²) in [7, 11) is 0. The van der Waals surface area contributed by atoms with Crippen LogP contribution in [0.2, 0.25) is 0 Å². The highest BCUT2D eigenvalue weighted by molar-refractivity contribution is 6.02. The Hall–Kier alpha value is -3.07. The first-order valence-electron chi connectivity index (χ1n) is 9.73. The van der Waals surface area contributed by atoms with Gasteiger partial charge in [-0.2, -0.15) is 0 Å². The van der Waals surface area contributed by atoms with Crippen molar-refractivity contribution >= 4 is 28.1 Å². The van der Waals surface area contributed by atoms with Gasteiger partial charge in [0.05, 0.1) is 11.7 Å². The van der Waals surface area contributed by atoms with Gasteiger partial charge in [0.2, 0.25) is 5.90 Å².